The summed E-state index contributed by atoms with van der Waals surface area (Å²) in [5.74, 6) is 0. The van der Waals surface area contributed by atoms with Crippen molar-refractivity contribution < 1.29 is 4.92 Å². The number of nitrogens with zero attached hydrogens (tertiary/aromatic N) is 3. The lowest BCUT2D eigenvalue weighted by Crippen LogP contribution is -1.91. The largest absolute Gasteiger partial charge is 0.345 e. The molecule has 2 heterocycles. The molecule has 2 aromatic rings. The molecule has 1 aliphatic heterocycles. The molecule has 0 unspecified atom stereocenters. The molecular weight excluding hydrogens is 244 g/mol. The van der Waals surface area contributed by atoms with E-state index in [0.29, 0.717) is 0 Å². The average Bonchev–Trinajstić information content (AvgIpc) is 3.06. The van der Waals surface area contributed by atoms with Crippen LogP contribution in [0.15, 0.2) is 35.7 Å². The Hall–Kier alpha value is -2.76. The van der Waals surface area contributed by atoms with Gasteiger partial charge < -0.3 is 4.98 Å². The number of nitrogens with one attached hydrogen (secondary N) is 1. The quantitative estimate of drug-likeness (QED) is 0.660. The standard InChI is InChI=1S/C13H10N4O2/c1-8(13-6-14-7-16-13)11-5-15-12-3-2-9(17(18)19)4-10(11)12/h2-7H,1H3,(H,14,16). The third kappa shape index (κ3) is 1.83. The smallest absolute Gasteiger partial charge is 0.270 e. The molecule has 1 N–H and O–H groups in total. The second-order valence-corrected chi connectivity index (χ2v) is 4.22. The van der Waals surface area contributed by atoms with Crippen LogP contribution in [-0.2, 0) is 0 Å². The Morgan fingerprint density at radius 2 is 2.26 bits per heavy atom. The number of nitro groups is 1. The van der Waals surface area contributed by atoms with E-state index in [1.54, 1.807) is 30.9 Å². The van der Waals surface area contributed by atoms with Crippen molar-refractivity contribution in [3.05, 3.63) is 52.1 Å². The molecule has 0 aliphatic carbocycles. The van der Waals surface area contributed by atoms with Gasteiger partial charge in [-0.3, -0.25) is 15.1 Å². The van der Waals surface area contributed by atoms with Crippen molar-refractivity contribution in [3.63, 3.8) is 0 Å². The van der Waals surface area contributed by atoms with Gasteiger partial charge in [0.1, 0.15) is 0 Å². The van der Waals surface area contributed by atoms with Crippen molar-refractivity contribution in [2.45, 2.75) is 6.92 Å². The first kappa shape index (κ1) is 11.3. The molecule has 19 heavy (non-hydrogen) atoms. The number of non-ortho nitro benzene ring substituents is 1. The number of H-pyrrole nitrogens is 1. The third-order valence-electron chi connectivity index (χ3n) is 3.12. The predicted octanol–water partition coefficient (Wildman–Crippen LogP) is 2.96. The molecule has 0 saturated heterocycles. The zero-order chi connectivity index (χ0) is 13.4. The first-order valence-corrected chi connectivity index (χ1v) is 5.69. The highest BCUT2D eigenvalue weighted by molar-refractivity contribution is 6.24. The Morgan fingerprint density at radius 1 is 1.42 bits per heavy atom. The number of allylic oxidation sites excluding steroid dienone is 2. The average molecular weight is 254 g/mol. The minimum absolute atomic E-state index is 0.0687. The van der Waals surface area contributed by atoms with Gasteiger partial charge in [0.25, 0.3) is 5.69 Å². The van der Waals surface area contributed by atoms with E-state index in [1.165, 1.54) is 6.07 Å². The highest BCUT2D eigenvalue weighted by atomic mass is 16.6. The van der Waals surface area contributed by atoms with E-state index in [4.69, 9.17) is 0 Å². The van der Waals surface area contributed by atoms with Crippen molar-refractivity contribution in [1.29, 1.82) is 0 Å². The second-order valence-electron chi connectivity index (χ2n) is 4.22. The van der Waals surface area contributed by atoms with E-state index in [1.807, 2.05) is 6.92 Å². The number of hydrogen-bond acceptors (Lipinski definition) is 4. The van der Waals surface area contributed by atoms with Gasteiger partial charge in [-0.1, -0.05) is 0 Å². The topological polar surface area (TPSA) is 84.2 Å². The number of benzene rings is 1. The number of fused-ring (bicyclic) bond motifs is 1. The van der Waals surface area contributed by atoms with Crippen LogP contribution in [0.2, 0.25) is 0 Å². The summed E-state index contributed by atoms with van der Waals surface area (Å²) in [6, 6.07) is 4.68. The van der Waals surface area contributed by atoms with E-state index < -0.39 is 4.92 Å². The summed E-state index contributed by atoms with van der Waals surface area (Å²) in [5, 5.41) is 10.8. The first-order valence-electron chi connectivity index (χ1n) is 5.69. The Labute approximate surface area is 108 Å². The van der Waals surface area contributed by atoms with Crippen LogP contribution in [0, 0.1) is 10.1 Å². The van der Waals surface area contributed by atoms with Gasteiger partial charge in [0, 0.05) is 29.5 Å². The summed E-state index contributed by atoms with van der Waals surface area (Å²) < 4.78 is 0. The van der Waals surface area contributed by atoms with Gasteiger partial charge in [0.2, 0.25) is 0 Å². The van der Waals surface area contributed by atoms with Crippen molar-refractivity contribution in [1.82, 2.24) is 9.97 Å². The van der Waals surface area contributed by atoms with E-state index >= 15 is 0 Å². The van der Waals surface area contributed by atoms with Crippen LogP contribution < -0.4 is 0 Å². The molecule has 1 aromatic heterocycles. The number of hydrogen-bond donors (Lipinski definition) is 1. The normalized spacial score (nSPS) is 15.4. The number of aromatic amines is 1. The molecule has 0 spiro atoms. The molecule has 3 rings (SSSR count). The zero-order valence-electron chi connectivity index (χ0n) is 10.1. The fourth-order valence-corrected chi connectivity index (χ4v) is 2.07. The van der Waals surface area contributed by atoms with Gasteiger partial charge in [-0.2, -0.15) is 0 Å². The first-order chi connectivity index (χ1) is 9.16. The minimum Gasteiger partial charge on any atom is -0.345 e. The molecule has 0 radical (unpaired) electrons. The lowest BCUT2D eigenvalue weighted by Gasteiger charge is -2.04. The number of imidazole rings is 1. The molecule has 1 aromatic carbocycles. The van der Waals surface area contributed by atoms with E-state index in [0.717, 1.165) is 28.1 Å². The highest BCUT2D eigenvalue weighted by Crippen LogP contribution is 2.37. The molecule has 6 heteroatoms. The second kappa shape index (κ2) is 4.16. The molecule has 0 atom stereocenters. The van der Waals surface area contributed by atoms with Gasteiger partial charge in [-0.05, 0) is 18.6 Å². The summed E-state index contributed by atoms with van der Waals surface area (Å²) in [6.07, 6.45) is 5.04. The monoisotopic (exact) mass is 254 g/mol. The Balaban J connectivity index is 2.15. The maximum Gasteiger partial charge on any atom is 0.270 e. The Bertz CT molecular complexity index is 714. The molecule has 0 saturated carbocycles. The summed E-state index contributed by atoms with van der Waals surface area (Å²) in [7, 11) is 0. The van der Waals surface area contributed by atoms with Crippen molar-refractivity contribution >= 4 is 28.7 Å². The van der Waals surface area contributed by atoms with Gasteiger partial charge >= 0.3 is 0 Å². The van der Waals surface area contributed by atoms with Crippen LogP contribution in [0.25, 0.3) is 11.1 Å². The summed E-state index contributed by atoms with van der Waals surface area (Å²) >= 11 is 0. The van der Waals surface area contributed by atoms with Gasteiger partial charge in [-0.25, -0.2) is 4.98 Å². The number of aromatic nitrogens is 2. The molecule has 0 amide bonds. The molecule has 6 nitrogen and oxygen atoms in total. The van der Waals surface area contributed by atoms with Crippen LogP contribution in [0.5, 0.6) is 0 Å². The number of aliphatic imine (C=N–C) groups is 1. The van der Waals surface area contributed by atoms with Gasteiger partial charge in [0.15, 0.2) is 0 Å². The van der Waals surface area contributed by atoms with Crippen LogP contribution in [0.1, 0.15) is 18.2 Å². The third-order valence-corrected chi connectivity index (χ3v) is 3.12. The van der Waals surface area contributed by atoms with Gasteiger partial charge in [0.05, 0.1) is 28.8 Å². The van der Waals surface area contributed by atoms with Crippen LogP contribution in [0.4, 0.5) is 11.4 Å². The molecule has 94 valence electrons. The van der Waals surface area contributed by atoms with Crippen molar-refractivity contribution in [2.24, 2.45) is 4.99 Å². The minimum atomic E-state index is -0.401. The number of nitro benzene ring substituents is 1. The maximum atomic E-state index is 10.8. The summed E-state index contributed by atoms with van der Waals surface area (Å²) in [6.45, 7) is 1.93. The van der Waals surface area contributed by atoms with Crippen LogP contribution in [-0.4, -0.2) is 21.1 Å². The molecular formula is C13H10N4O2. The highest BCUT2D eigenvalue weighted by Gasteiger charge is 2.19. The molecule has 0 bridgehead atoms. The molecule has 1 aliphatic rings. The fourth-order valence-electron chi connectivity index (χ4n) is 2.07. The van der Waals surface area contributed by atoms with Gasteiger partial charge in [-0.15, -0.1) is 0 Å². The maximum absolute atomic E-state index is 10.8. The van der Waals surface area contributed by atoms with Crippen molar-refractivity contribution in [2.75, 3.05) is 0 Å². The van der Waals surface area contributed by atoms with E-state index in [-0.39, 0.29) is 5.69 Å². The Morgan fingerprint density at radius 3 is 2.95 bits per heavy atom. The Kier molecular flexibility index (Phi) is 2.49. The number of rotatable bonds is 2. The molecule has 0 fully saturated rings. The summed E-state index contributed by atoms with van der Waals surface area (Å²) in [5.41, 5.74) is 4.31. The fraction of sp³-hybridized carbons (Fsp3) is 0.0769. The van der Waals surface area contributed by atoms with E-state index in [9.17, 15) is 10.1 Å². The summed E-state index contributed by atoms with van der Waals surface area (Å²) in [4.78, 5) is 21.7. The van der Waals surface area contributed by atoms with Crippen molar-refractivity contribution in [3.8, 4) is 0 Å². The SMILES string of the molecule is CC(=C1C=Nc2ccc([N+](=O)[O-])cc21)c1cnc[nH]1. The zero-order valence-corrected chi connectivity index (χ0v) is 10.1. The lowest BCUT2D eigenvalue weighted by molar-refractivity contribution is -0.384. The predicted molar refractivity (Wildman–Crippen MR) is 72.3 cm³/mol. The van der Waals surface area contributed by atoms with Crippen LogP contribution in [0.3, 0.4) is 0 Å². The lowest BCUT2D eigenvalue weighted by atomic mass is 10.0. The van der Waals surface area contributed by atoms with Crippen LogP contribution >= 0.6 is 0 Å². The van der Waals surface area contributed by atoms with E-state index in [2.05, 4.69) is 15.0 Å².